The number of aryl methyl sites for hydroxylation is 1. The summed E-state index contributed by atoms with van der Waals surface area (Å²) in [6.07, 6.45) is 0.759. The second-order valence-electron chi connectivity index (χ2n) is 4.66. The molecule has 0 aliphatic carbocycles. The second-order valence-corrected chi connectivity index (χ2v) is 5.00. The number of rotatable bonds is 5. The van der Waals surface area contributed by atoms with Gasteiger partial charge in [-0.1, -0.05) is 30.3 Å². The standard InChI is InChI=1S/C14H15ClN4O2/c1-10-12(19(20)21)13(17-14(15)16-10)18(2)9-8-11-6-4-3-5-7-11/h3-7H,8-9H2,1-2H3. The molecule has 0 aliphatic heterocycles. The van der Waals surface area contributed by atoms with Crippen molar-refractivity contribution in [2.75, 3.05) is 18.5 Å². The van der Waals surface area contributed by atoms with Crippen molar-refractivity contribution in [1.29, 1.82) is 0 Å². The Morgan fingerprint density at radius 1 is 1.29 bits per heavy atom. The topological polar surface area (TPSA) is 72.2 Å². The minimum Gasteiger partial charge on any atom is -0.353 e. The first-order valence-electron chi connectivity index (χ1n) is 6.42. The third-order valence-electron chi connectivity index (χ3n) is 3.14. The first kappa shape index (κ1) is 15.2. The van der Waals surface area contributed by atoms with Crippen LogP contribution in [-0.2, 0) is 6.42 Å². The van der Waals surface area contributed by atoms with Gasteiger partial charge in [-0.25, -0.2) is 4.98 Å². The molecule has 0 fully saturated rings. The van der Waals surface area contributed by atoms with Crippen molar-refractivity contribution in [3.8, 4) is 0 Å². The Morgan fingerprint density at radius 3 is 2.57 bits per heavy atom. The highest BCUT2D eigenvalue weighted by atomic mass is 35.5. The van der Waals surface area contributed by atoms with Crippen molar-refractivity contribution >= 4 is 23.1 Å². The summed E-state index contributed by atoms with van der Waals surface area (Å²) in [5.41, 5.74) is 1.32. The van der Waals surface area contributed by atoms with Crippen LogP contribution in [0.5, 0.6) is 0 Å². The zero-order valence-electron chi connectivity index (χ0n) is 11.8. The Hall–Kier alpha value is -2.21. The molecule has 2 rings (SSSR count). The first-order valence-corrected chi connectivity index (χ1v) is 6.80. The van der Waals surface area contributed by atoms with E-state index in [0.717, 1.165) is 12.0 Å². The van der Waals surface area contributed by atoms with Gasteiger partial charge in [0.15, 0.2) is 0 Å². The molecule has 0 N–H and O–H groups in total. The van der Waals surface area contributed by atoms with Gasteiger partial charge >= 0.3 is 5.69 Å². The highest BCUT2D eigenvalue weighted by Crippen LogP contribution is 2.29. The Bertz CT molecular complexity index is 649. The van der Waals surface area contributed by atoms with Gasteiger partial charge in [0.25, 0.3) is 0 Å². The molecule has 0 spiro atoms. The minimum absolute atomic E-state index is 0.0136. The second kappa shape index (κ2) is 6.49. The van der Waals surface area contributed by atoms with Gasteiger partial charge in [-0.2, -0.15) is 4.98 Å². The van der Waals surface area contributed by atoms with Crippen molar-refractivity contribution in [3.63, 3.8) is 0 Å². The first-order chi connectivity index (χ1) is 9.99. The molecule has 0 saturated carbocycles. The van der Waals surface area contributed by atoms with Gasteiger partial charge in [-0.3, -0.25) is 10.1 Å². The Kier molecular flexibility index (Phi) is 4.70. The van der Waals surface area contributed by atoms with Crippen molar-refractivity contribution in [1.82, 2.24) is 9.97 Å². The molecule has 1 aromatic heterocycles. The molecule has 0 radical (unpaired) electrons. The van der Waals surface area contributed by atoms with E-state index in [1.54, 1.807) is 18.9 Å². The largest absolute Gasteiger partial charge is 0.353 e. The van der Waals surface area contributed by atoms with Crippen LogP contribution in [0.15, 0.2) is 30.3 Å². The summed E-state index contributed by atoms with van der Waals surface area (Å²) in [5, 5.41) is 11.2. The predicted octanol–water partition coefficient (Wildman–Crippen LogP) is 3.03. The van der Waals surface area contributed by atoms with Crippen molar-refractivity contribution in [2.45, 2.75) is 13.3 Å². The molecular weight excluding hydrogens is 292 g/mol. The van der Waals surface area contributed by atoms with Gasteiger partial charge < -0.3 is 4.90 Å². The summed E-state index contributed by atoms with van der Waals surface area (Å²) in [6.45, 7) is 2.15. The van der Waals surface area contributed by atoms with Crippen LogP contribution < -0.4 is 4.90 Å². The maximum absolute atomic E-state index is 11.2. The fraction of sp³-hybridized carbons (Fsp3) is 0.286. The van der Waals surface area contributed by atoms with Gasteiger partial charge in [-0.05, 0) is 30.5 Å². The van der Waals surface area contributed by atoms with Crippen LogP contribution in [-0.4, -0.2) is 28.5 Å². The number of nitro groups is 1. The van der Waals surface area contributed by atoms with E-state index in [-0.39, 0.29) is 22.5 Å². The Labute approximate surface area is 127 Å². The summed E-state index contributed by atoms with van der Waals surface area (Å²) in [7, 11) is 1.76. The zero-order chi connectivity index (χ0) is 15.4. The number of halogens is 1. The molecule has 0 bridgehead atoms. The molecule has 0 unspecified atom stereocenters. The number of likely N-dealkylation sites (N-methyl/N-ethyl adjacent to an activating group) is 1. The molecule has 2 aromatic rings. The fourth-order valence-corrected chi connectivity index (χ4v) is 2.25. The van der Waals surface area contributed by atoms with Crippen LogP contribution in [0.4, 0.5) is 11.5 Å². The zero-order valence-corrected chi connectivity index (χ0v) is 12.5. The van der Waals surface area contributed by atoms with Crippen LogP contribution in [0.25, 0.3) is 0 Å². The Morgan fingerprint density at radius 2 is 1.95 bits per heavy atom. The summed E-state index contributed by atoms with van der Waals surface area (Å²) in [6, 6.07) is 9.90. The molecule has 0 amide bonds. The average molecular weight is 307 g/mol. The maximum atomic E-state index is 11.2. The van der Waals surface area contributed by atoms with Crippen LogP contribution in [0, 0.1) is 17.0 Å². The molecule has 110 valence electrons. The van der Waals surface area contributed by atoms with E-state index < -0.39 is 4.92 Å². The lowest BCUT2D eigenvalue weighted by Crippen LogP contribution is -2.23. The SMILES string of the molecule is Cc1nc(Cl)nc(N(C)CCc2ccccc2)c1[N+](=O)[O-]. The number of hydrogen-bond acceptors (Lipinski definition) is 5. The predicted molar refractivity (Wildman–Crippen MR) is 81.8 cm³/mol. The van der Waals surface area contributed by atoms with Crippen LogP contribution >= 0.6 is 11.6 Å². The quantitative estimate of drug-likeness (QED) is 0.482. The number of aromatic nitrogens is 2. The normalized spacial score (nSPS) is 10.4. The highest BCUT2D eigenvalue weighted by molar-refractivity contribution is 6.28. The van der Waals surface area contributed by atoms with Gasteiger partial charge in [0.1, 0.15) is 5.69 Å². The lowest BCUT2D eigenvalue weighted by molar-refractivity contribution is -0.385. The van der Waals surface area contributed by atoms with E-state index in [9.17, 15) is 10.1 Å². The Balaban J connectivity index is 2.22. The number of nitrogens with zero attached hydrogens (tertiary/aromatic N) is 4. The van der Waals surface area contributed by atoms with E-state index in [2.05, 4.69) is 9.97 Å². The maximum Gasteiger partial charge on any atom is 0.332 e. The van der Waals surface area contributed by atoms with Gasteiger partial charge in [-0.15, -0.1) is 0 Å². The third-order valence-corrected chi connectivity index (χ3v) is 3.30. The van der Waals surface area contributed by atoms with E-state index >= 15 is 0 Å². The molecule has 1 heterocycles. The van der Waals surface area contributed by atoms with Gasteiger partial charge in [0.2, 0.25) is 11.1 Å². The number of hydrogen-bond donors (Lipinski definition) is 0. The molecule has 21 heavy (non-hydrogen) atoms. The van der Waals surface area contributed by atoms with Crippen molar-refractivity contribution in [2.24, 2.45) is 0 Å². The van der Waals surface area contributed by atoms with E-state index in [0.29, 0.717) is 6.54 Å². The number of benzene rings is 1. The van der Waals surface area contributed by atoms with E-state index in [4.69, 9.17) is 11.6 Å². The molecular formula is C14H15ClN4O2. The summed E-state index contributed by atoms with van der Waals surface area (Å²) < 4.78 is 0. The molecule has 0 atom stereocenters. The summed E-state index contributed by atoms with van der Waals surface area (Å²) in [5.74, 6) is 0.244. The smallest absolute Gasteiger partial charge is 0.332 e. The molecule has 6 nitrogen and oxygen atoms in total. The van der Waals surface area contributed by atoms with Crippen LogP contribution in [0.2, 0.25) is 5.28 Å². The average Bonchev–Trinajstić information content (AvgIpc) is 2.44. The monoisotopic (exact) mass is 306 g/mol. The van der Waals surface area contributed by atoms with Crippen LogP contribution in [0.1, 0.15) is 11.3 Å². The highest BCUT2D eigenvalue weighted by Gasteiger charge is 2.24. The van der Waals surface area contributed by atoms with Gasteiger partial charge in [0.05, 0.1) is 4.92 Å². The van der Waals surface area contributed by atoms with E-state index in [1.165, 1.54) is 0 Å². The van der Waals surface area contributed by atoms with Crippen molar-refractivity contribution < 1.29 is 4.92 Å². The molecule has 1 aromatic carbocycles. The minimum atomic E-state index is -0.472. The molecule has 0 aliphatic rings. The summed E-state index contributed by atoms with van der Waals surface area (Å²) in [4.78, 5) is 20.3. The fourth-order valence-electron chi connectivity index (χ4n) is 2.05. The molecule has 0 saturated heterocycles. The molecule has 7 heteroatoms. The lowest BCUT2D eigenvalue weighted by Gasteiger charge is -2.18. The summed E-state index contributed by atoms with van der Waals surface area (Å²) >= 11 is 5.82. The lowest BCUT2D eigenvalue weighted by atomic mass is 10.1. The van der Waals surface area contributed by atoms with Crippen molar-refractivity contribution in [3.05, 3.63) is 57.0 Å². The third kappa shape index (κ3) is 3.66. The number of anilines is 1. The van der Waals surface area contributed by atoms with Crippen LogP contribution in [0.3, 0.4) is 0 Å². The van der Waals surface area contributed by atoms with Gasteiger partial charge in [0, 0.05) is 13.6 Å². The van der Waals surface area contributed by atoms with E-state index in [1.807, 2.05) is 30.3 Å².